The predicted molar refractivity (Wildman–Crippen MR) is 326 cm³/mol. The molecule has 0 radical (unpaired) electrons. The summed E-state index contributed by atoms with van der Waals surface area (Å²) in [7, 11) is 0. The molecule has 0 amide bonds. The molecular formula is C74H71N3. The van der Waals surface area contributed by atoms with E-state index in [0.29, 0.717) is 17.5 Å². The van der Waals surface area contributed by atoms with Crippen molar-refractivity contribution in [3.05, 3.63) is 245 Å². The lowest BCUT2D eigenvalue weighted by Gasteiger charge is -2.33. The summed E-state index contributed by atoms with van der Waals surface area (Å²) in [5.41, 5.74) is 23.8. The van der Waals surface area contributed by atoms with Gasteiger partial charge in [-0.05, 0) is 128 Å². The average molecular weight is 1000 g/mol. The van der Waals surface area contributed by atoms with Crippen molar-refractivity contribution in [3.8, 4) is 89.8 Å². The van der Waals surface area contributed by atoms with E-state index in [1.807, 2.05) is 0 Å². The highest BCUT2D eigenvalue weighted by Crippen LogP contribution is 2.59. The number of aromatic nitrogens is 3. The second-order valence-corrected chi connectivity index (χ2v) is 25.3. The summed E-state index contributed by atoms with van der Waals surface area (Å²) in [5.74, 6) is 1.75. The molecule has 3 nitrogen and oxygen atoms in total. The van der Waals surface area contributed by atoms with Gasteiger partial charge in [0.05, 0.1) is 0 Å². The first kappa shape index (κ1) is 51.1. The monoisotopic (exact) mass is 1000 g/mol. The van der Waals surface area contributed by atoms with Crippen molar-refractivity contribution >= 4 is 0 Å². The maximum absolute atomic E-state index is 5.47. The Morgan fingerprint density at radius 1 is 0.247 bits per heavy atom. The first-order valence-corrected chi connectivity index (χ1v) is 27.5. The predicted octanol–water partition coefficient (Wildman–Crippen LogP) is 19.9. The van der Waals surface area contributed by atoms with Gasteiger partial charge in [0.25, 0.3) is 0 Å². The maximum atomic E-state index is 5.47. The van der Waals surface area contributed by atoms with Gasteiger partial charge in [-0.15, -0.1) is 0 Å². The van der Waals surface area contributed by atoms with Crippen LogP contribution in [-0.4, -0.2) is 15.0 Å². The molecule has 0 saturated carbocycles. The molecule has 9 aromatic carbocycles. The molecule has 0 N–H and O–H groups in total. The van der Waals surface area contributed by atoms with Gasteiger partial charge in [-0.25, -0.2) is 15.0 Å². The van der Waals surface area contributed by atoms with Crippen LogP contribution in [0.4, 0.5) is 0 Å². The Bertz CT molecular complexity index is 3530. The van der Waals surface area contributed by atoms with E-state index in [9.17, 15) is 0 Å². The molecule has 1 aliphatic carbocycles. The van der Waals surface area contributed by atoms with Crippen molar-refractivity contribution in [2.24, 2.45) is 0 Å². The Balaban J connectivity index is 1.23. The van der Waals surface area contributed by atoms with Crippen LogP contribution < -0.4 is 0 Å². The van der Waals surface area contributed by atoms with Gasteiger partial charge in [0, 0.05) is 22.6 Å². The average Bonchev–Trinajstić information content (AvgIpc) is 3.80. The largest absolute Gasteiger partial charge is 0.208 e. The molecule has 0 unspecified atom stereocenters. The van der Waals surface area contributed by atoms with Gasteiger partial charge in [-0.3, -0.25) is 0 Å². The molecule has 1 aliphatic rings. The van der Waals surface area contributed by atoms with Gasteiger partial charge in [-0.1, -0.05) is 277 Å². The Kier molecular flexibility index (Phi) is 13.0. The van der Waals surface area contributed by atoms with Gasteiger partial charge in [0.15, 0.2) is 17.5 Å². The smallest absolute Gasteiger partial charge is 0.164 e. The standard InChI is InChI=1S/C74H71N3/c1-71(2,3)56-43-60-61-44-57(72(4,5)6)46-63(74(10,11)12)66(61)67(65(60)62(45-56)73(7,8)9)64-58(51-29-21-15-22-30-51)41-55(42-59(64)52-31-23-16-24-32-52)70-76-68(53-37-33-49(34-38-53)47-25-17-13-18-26-47)75-69(77-70)54-39-35-50(36-40-54)48-27-19-14-20-28-48/h13-46,67H,1-12H3. The normalized spacial score (nSPS) is 12.9. The van der Waals surface area contributed by atoms with Gasteiger partial charge < -0.3 is 0 Å². The van der Waals surface area contributed by atoms with E-state index in [1.165, 1.54) is 50.1 Å². The first-order chi connectivity index (χ1) is 36.7. The maximum Gasteiger partial charge on any atom is 0.164 e. The molecule has 0 saturated heterocycles. The van der Waals surface area contributed by atoms with E-state index in [4.69, 9.17) is 15.0 Å². The summed E-state index contributed by atoms with van der Waals surface area (Å²) in [4.78, 5) is 16.2. The van der Waals surface area contributed by atoms with Gasteiger partial charge >= 0.3 is 0 Å². The first-order valence-electron chi connectivity index (χ1n) is 27.5. The lowest BCUT2D eigenvalue weighted by molar-refractivity contribution is 0.559. The van der Waals surface area contributed by atoms with E-state index in [2.05, 4.69) is 289 Å². The zero-order valence-corrected chi connectivity index (χ0v) is 47.0. The van der Waals surface area contributed by atoms with Gasteiger partial charge in [-0.2, -0.15) is 0 Å². The number of hydrogen-bond acceptors (Lipinski definition) is 3. The number of hydrogen-bond donors (Lipinski definition) is 0. The van der Waals surface area contributed by atoms with Crippen LogP contribution in [0.2, 0.25) is 0 Å². The molecule has 382 valence electrons. The van der Waals surface area contributed by atoms with Crippen molar-refractivity contribution in [1.82, 2.24) is 15.0 Å². The fourth-order valence-electron chi connectivity index (χ4n) is 11.4. The molecule has 1 aromatic heterocycles. The van der Waals surface area contributed by atoms with Crippen LogP contribution in [0.5, 0.6) is 0 Å². The molecule has 10 aromatic rings. The topological polar surface area (TPSA) is 38.7 Å². The third-order valence-electron chi connectivity index (χ3n) is 15.6. The minimum Gasteiger partial charge on any atom is -0.208 e. The van der Waals surface area contributed by atoms with Crippen molar-refractivity contribution in [3.63, 3.8) is 0 Å². The Hall–Kier alpha value is -8.01. The summed E-state index contributed by atoms with van der Waals surface area (Å²) in [6.45, 7) is 28.6. The van der Waals surface area contributed by atoms with Crippen LogP contribution in [0.1, 0.15) is 128 Å². The second kappa shape index (κ2) is 19.5. The Morgan fingerprint density at radius 2 is 0.532 bits per heavy atom. The highest BCUT2D eigenvalue weighted by molar-refractivity contribution is 5.93. The molecule has 0 spiro atoms. The summed E-state index contributed by atoms with van der Waals surface area (Å²) < 4.78 is 0. The summed E-state index contributed by atoms with van der Waals surface area (Å²) in [6, 6.07) is 75.3. The molecule has 11 rings (SSSR count). The van der Waals surface area contributed by atoms with Crippen molar-refractivity contribution in [2.75, 3.05) is 0 Å². The summed E-state index contributed by atoms with van der Waals surface area (Å²) in [5, 5.41) is 0. The summed E-state index contributed by atoms with van der Waals surface area (Å²) >= 11 is 0. The Labute approximate surface area is 458 Å². The van der Waals surface area contributed by atoms with Gasteiger partial charge in [0.2, 0.25) is 0 Å². The molecular weight excluding hydrogens is 931 g/mol. The van der Waals surface area contributed by atoms with Crippen LogP contribution in [0.15, 0.2) is 206 Å². The highest BCUT2D eigenvalue weighted by atomic mass is 15.0. The molecule has 3 heteroatoms. The third-order valence-corrected chi connectivity index (χ3v) is 15.6. The van der Waals surface area contributed by atoms with Gasteiger partial charge in [0.1, 0.15) is 0 Å². The van der Waals surface area contributed by atoms with Crippen LogP contribution in [0, 0.1) is 0 Å². The summed E-state index contributed by atoms with van der Waals surface area (Å²) in [6.07, 6.45) is 0. The van der Waals surface area contributed by atoms with Crippen LogP contribution >= 0.6 is 0 Å². The van der Waals surface area contributed by atoms with E-state index < -0.39 is 0 Å². The van der Waals surface area contributed by atoms with E-state index in [1.54, 1.807) is 0 Å². The fourth-order valence-corrected chi connectivity index (χ4v) is 11.4. The highest BCUT2D eigenvalue weighted by Gasteiger charge is 2.42. The quantitative estimate of drug-likeness (QED) is 0.152. The van der Waals surface area contributed by atoms with E-state index >= 15 is 0 Å². The SMILES string of the molecule is CC(C)(C)c1cc2c(c(C(C)(C)C)c1)C(c1c(-c3ccccc3)cc(-c3nc(-c4ccc(-c5ccccc5)cc4)nc(-c4ccc(-c5ccccc5)cc4)n3)cc1-c1ccccc1)c1c-2cc(C(C)(C)C)cc1C(C)(C)C. The zero-order chi connectivity index (χ0) is 54.0. The van der Waals surface area contributed by atoms with E-state index in [-0.39, 0.29) is 27.6 Å². The molecule has 0 atom stereocenters. The minimum atomic E-state index is -0.170. The third kappa shape index (κ3) is 10.0. The van der Waals surface area contributed by atoms with E-state index in [0.717, 1.165) is 61.2 Å². The lowest BCUT2D eigenvalue weighted by atomic mass is 9.70. The number of rotatable bonds is 8. The molecule has 1 heterocycles. The molecule has 0 aliphatic heterocycles. The van der Waals surface area contributed by atoms with Crippen LogP contribution in [0.25, 0.3) is 89.8 Å². The van der Waals surface area contributed by atoms with Crippen molar-refractivity contribution in [1.29, 1.82) is 0 Å². The molecule has 0 fully saturated rings. The fraction of sp³-hybridized carbons (Fsp3) is 0.230. The minimum absolute atomic E-state index is 0.0655. The number of benzene rings is 9. The zero-order valence-electron chi connectivity index (χ0n) is 47.0. The molecule has 77 heavy (non-hydrogen) atoms. The molecule has 0 bridgehead atoms. The van der Waals surface area contributed by atoms with Crippen LogP contribution in [-0.2, 0) is 21.7 Å². The van der Waals surface area contributed by atoms with Crippen molar-refractivity contribution < 1.29 is 0 Å². The Morgan fingerprint density at radius 3 is 0.844 bits per heavy atom. The lowest BCUT2D eigenvalue weighted by Crippen LogP contribution is -2.22. The second-order valence-electron chi connectivity index (χ2n) is 25.3. The van der Waals surface area contributed by atoms with Crippen molar-refractivity contribution in [2.45, 2.75) is 111 Å². The van der Waals surface area contributed by atoms with Crippen LogP contribution in [0.3, 0.4) is 0 Å². The number of nitrogens with zero attached hydrogens (tertiary/aromatic N) is 3. The number of fused-ring (bicyclic) bond motifs is 3.